The van der Waals surface area contributed by atoms with Crippen molar-refractivity contribution in [2.75, 3.05) is 6.54 Å². The minimum absolute atomic E-state index is 0. The van der Waals surface area contributed by atoms with E-state index < -0.39 is 0 Å². The normalized spacial score (nSPS) is 19.8. The Balaban J connectivity index is 0.00000112. The van der Waals surface area contributed by atoms with Gasteiger partial charge in [-0.25, -0.2) is 0 Å². The average molecular weight is 308 g/mol. The van der Waals surface area contributed by atoms with Gasteiger partial charge >= 0.3 is 0 Å². The Morgan fingerprint density at radius 1 is 1.40 bits per heavy atom. The van der Waals surface area contributed by atoms with Crippen LogP contribution in [0.3, 0.4) is 0 Å². The number of thiol groups is 1. The molecule has 1 unspecified atom stereocenters. The highest BCUT2D eigenvalue weighted by Crippen LogP contribution is 2.26. The van der Waals surface area contributed by atoms with Gasteiger partial charge in [-0.3, -0.25) is 4.99 Å². The van der Waals surface area contributed by atoms with E-state index in [1.165, 1.54) is 5.56 Å². The Kier molecular flexibility index (Phi) is 4.49. The Hall–Kier alpha value is -0.190. The van der Waals surface area contributed by atoms with Crippen LogP contribution in [0.15, 0.2) is 33.7 Å². The lowest BCUT2D eigenvalue weighted by molar-refractivity contribution is 0.640. The van der Waals surface area contributed by atoms with Crippen LogP contribution in [0.4, 0.5) is 0 Å². The molecule has 0 saturated heterocycles. The van der Waals surface area contributed by atoms with E-state index in [4.69, 9.17) is 0 Å². The lowest BCUT2D eigenvalue weighted by Crippen LogP contribution is -2.14. The molecule has 0 saturated carbocycles. The number of amidine groups is 1. The summed E-state index contributed by atoms with van der Waals surface area (Å²) in [7, 11) is 0. The number of benzene rings is 1. The lowest BCUT2D eigenvalue weighted by Gasteiger charge is -2.10. The zero-order valence-corrected chi connectivity index (χ0v) is 11.5. The predicted molar refractivity (Wildman–Crippen MR) is 72.9 cm³/mol. The van der Waals surface area contributed by atoms with Crippen LogP contribution in [-0.2, 0) is 0 Å². The third-order valence-corrected chi connectivity index (χ3v) is 3.30. The van der Waals surface area contributed by atoms with Crippen molar-refractivity contribution < 1.29 is 0 Å². The summed E-state index contributed by atoms with van der Waals surface area (Å²) in [5.41, 5.74) is 1.24. The molecule has 5 heteroatoms. The fourth-order valence-corrected chi connectivity index (χ4v) is 1.96. The fourth-order valence-electron chi connectivity index (χ4n) is 1.49. The van der Waals surface area contributed by atoms with Crippen LogP contribution in [0.25, 0.3) is 0 Å². The zero-order chi connectivity index (χ0) is 10.1. The summed E-state index contributed by atoms with van der Waals surface area (Å²) in [5.74, 6) is 0.987. The van der Waals surface area contributed by atoms with Crippen molar-refractivity contribution in [2.45, 2.75) is 13.0 Å². The molecule has 1 atom stereocenters. The molecular weight excluding hydrogens is 296 g/mol. The maximum Gasteiger partial charge on any atom is 0.106 e. The van der Waals surface area contributed by atoms with Gasteiger partial charge in [0.1, 0.15) is 5.84 Å². The third kappa shape index (κ3) is 2.89. The number of aliphatic imine (C=N–C) groups is 1. The predicted octanol–water partition coefficient (Wildman–Crippen LogP) is 3.49. The molecule has 0 radical (unpaired) electrons. The van der Waals surface area contributed by atoms with Crippen LogP contribution < -0.4 is 0 Å². The number of hydrogen-bond acceptors (Lipinski definition) is 3. The highest BCUT2D eigenvalue weighted by molar-refractivity contribution is 9.10. The summed E-state index contributed by atoms with van der Waals surface area (Å²) in [6.45, 7) is 2.84. The van der Waals surface area contributed by atoms with Gasteiger partial charge < -0.3 is 4.31 Å². The van der Waals surface area contributed by atoms with Crippen molar-refractivity contribution >= 4 is 47.0 Å². The lowest BCUT2D eigenvalue weighted by atomic mass is 10.1. The van der Waals surface area contributed by atoms with Gasteiger partial charge in [0.25, 0.3) is 0 Å². The monoisotopic (exact) mass is 306 g/mol. The first-order valence-electron chi connectivity index (χ1n) is 4.43. The molecule has 15 heavy (non-hydrogen) atoms. The number of hydrogen-bond donors (Lipinski definition) is 1. The molecular formula is C10H12BrClN2S. The van der Waals surface area contributed by atoms with Crippen molar-refractivity contribution in [3.05, 3.63) is 34.3 Å². The summed E-state index contributed by atoms with van der Waals surface area (Å²) in [4.78, 5) is 4.52. The summed E-state index contributed by atoms with van der Waals surface area (Å²) < 4.78 is 2.98. The van der Waals surface area contributed by atoms with E-state index >= 15 is 0 Å². The minimum Gasteiger partial charge on any atom is -0.305 e. The molecule has 1 aliphatic heterocycles. The van der Waals surface area contributed by atoms with E-state index in [2.05, 4.69) is 45.9 Å². The summed E-state index contributed by atoms with van der Waals surface area (Å²) in [6.07, 6.45) is 0. The van der Waals surface area contributed by atoms with Crippen molar-refractivity contribution in [3.63, 3.8) is 0 Å². The zero-order valence-electron chi connectivity index (χ0n) is 8.22. The molecule has 0 fully saturated rings. The molecule has 82 valence electrons. The van der Waals surface area contributed by atoms with Gasteiger partial charge in [-0.1, -0.05) is 40.9 Å². The van der Waals surface area contributed by atoms with Gasteiger partial charge in [-0.15, -0.1) is 12.4 Å². The minimum atomic E-state index is 0. The fraction of sp³-hybridized carbons (Fsp3) is 0.300. The number of nitrogens with zero attached hydrogens (tertiary/aromatic N) is 2. The quantitative estimate of drug-likeness (QED) is 0.785. The summed E-state index contributed by atoms with van der Waals surface area (Å²) >= 11 is 7.73. The van der Waals surface area contributed by atoms with Crippen LogP contribution in [-0.4, -0.2) is 16.7 Å². The Morgan fingerprint density at radius 2 is 2.00 bits per heavy atom. The van der Waals surface area contributed by atoms with Gasteiger partial charge in [0.05, 0.1) is 12.6 Å². The molecule has 0 bridgehead atoms. The van der Waals surface area contributed by atoms with Crippen molar-refractivity contribution in [3.8, 4) is 0 Å². The van der Waals surface area contributed by atoms with Crippen molar-refractivity contribution in [1.82, 2.24) is 4.31 Å². The van der Waals surface area contributed by atoms with Crippen LogP contribution in [0.5, 0.6) is 0 Å². The molecule has 1 aromatic carbocycles. The third-order valence-electron chi connectivity index (χ3n) is 2.32. The van der Waals surface area contributed by atoms with Gasteiger partial charge in [0.2, 0.25) is 0 Å². The maximum atomic E-state index is 4.52. The summed E-state index contributed by atoms with van der Waals surface area (Å²) in [5, 5.41) is 0. The largest absolute Gasteiger partial charge is 0.305 e. The van der Waals surface area contributed by atoms with Crippen LogP contribution in [0.2, 0.25) is 0 Å². The number of rotatable bonds is 1. The van der Waals surface area contributed by atoms with Crippen LogP contribution in [0.1, 0.15) is 18.5 Å². The molecule has 0 spiro atoms. The second kappa shape index (κ2) is 5.23. The van der Waals surface area contributed by atoms with E-state index in [0.29, 0.717) is 0 Å². The molecule has 2 rings (SSSR count). The molecule has 1 aliphatic rings. The van der Waals surface area contributed by atoms with Gasteiger partial charge in [0.15, 0.2) is 0 Å². The average Bonchev–Trinajstić information content (AvgIpc) is 2.48. The highest BCUT2D eigenvalue weighted by atomic mass is 79.9. The second-order valence-corrected chi connectivity index (χ2v) is 4.72. The first-order valence-corrected chi connectivity index (χ1v) is 5.62. The van der Waals surface area contributed by atoms with Gasteiger partial charge in [-0.05, 0) is 24.6 Å². The van der Waals surface area contributed by atoms with Crippen LogP contribution in [0, 0.1) is 0 Å². The SMILES string of the molecule is CC1=NC(c2ccc(Br)cc2)CN1S.Cl. The Morgan fingerprint density at radius 3 is 2.47 bits per heavy atom. The molecule has 1 aromatic rings. The molecule has 0 amide bonds. The van der Waals surface area contributed by atoms with E-state index in [1.54, 1.807) is 0 Å². The topological polar surface area (TPSA) is 15.6 Å². The van der Waals surface area contributed by atoms with Crippen molar-refractivity contribution in [1.29, 1.82) is 0 Å². The van der Waals surface area contributed by atoms with Crippen LogP contribution >= 0.6 is 41.2 Å². The molecule has 0 aliphatic carbocycles. The molecule has 2 nitrogen and oxygen atoms in total. The highest BCUT2D eigenvalue weighted by Gasteiger charge is 2.21. The van der Waals surface area contributed by atoms with Gasteiger partial charge in [0, 0.05) is 4.47 Å². The molecule has 0 aromatic heterocycles. The smallest absolute Gasteiger partial charge is 0.106 e. The van der Waals surface area contributed by atoms with E-state index in [1.807, 2.05) is 23.4 Å². The molecule has 0 N–H and O–H groups in total. The Bertz CT molecular complexity index is 366. The van der Waals surface area contributed by atoms with E-state index in [-0.39, 0.29) is 18.4 Å². The number of halogens is 2. The maximum absolute atomic E-state index is 4.52. The van der Waals surface area contributed by atoms with E-state index in [0.717, 1.165) is 16.9 Å². The first-order chi connectivity index (χ1) is 6.66. The van der Waals surface area contributed by atoms with Crippen molar-refractivity contribution in [2.24, 2.45) is 4.99 Å². The Labute approximate surface area is 110 Å². The standard InChI is InChI=1S/C10H11BrN2S.ClH/c1-7-12-10(6-13(7)14)8-2-4-9(11)5-3-8;/h2-5,10,14H,6H2,1H3;1H. The second-order valence-electron chi connectivity index (χ2n) is 3.33. The first kappa shape index (κ1) is 12.9. The molecule has 1 heterocycles. The summed E-state index contributed by atoms with van der Waals surface area (Å²) in [6, 6.07) is 8.51. The van der Waals surface area contributed by atoms with Gasteiger partial charge in [-0.2, -0.15) is 0 Å². The van der Waals surface area contributed by atoms with E-state index in [9.17, 15) is 0 Å².